The molecule has 0 radical (unpaired) electrons. The molecule has 20 heavy (non-hydrogen) atoms. The molecule has 0 unspecified atom stereocenters. The Labute approximate surface area is 120 Å². The van der Waals surface area contributed by atoms with E-state index in [0.29, 0.717) is 6.04 Å². The molecule has 0 spiro atoms. The molecule has 0 saturated carbocycles. The van der Waals surface area contributed by atoms with Crippen molar-refractivity contribution in [2.75, 3.05) is 34.7 Å². The van der Waals surface area contributed by atoms with Crippen molar-refractivity contribution in [3.8, 4) is 0 Å². The minimum atomic E-state index is 0.100. The number of likely N-dealkylation sites (tertiary alicyclic amines) is 1. The molecule has 0 bridgehead atoms. The summed E-state index contributed by atoms with van der Waals surface area (Å²) in [5.41, 5.74) is 1.18. The zero-order valence-corrected chi connectivity index (χ0v) is 13.1. The first-order chi connectivity index (χ1) is 9.40. The molecule has 1 aliphatic rings. The molecule has 2 heterocycles. The summed E-state index contributed by atoms with van der Waals surface area (Å²) in [4.78, 5) is 18.2. The lowest BCUT2D eigenvalue weighted by Crippen LogP contribution is -2.48. The fourth-order valence-electron chi connectivity index (χ4n) is 3.00. The monoisotopic (exact) mass is 279 g/mol. The van der Waals surface area contributed by atoms with E-state index in [1.54, 1.807) is 4.90 Å². The van der Waals surface area contributed by atoms with Gasteiger partial charge in [0, 0.05) is 39.9 Å². The molecule has 0 aliphatic carbocycles. The molecular formula is C14H25N5O. The first kappa shape index (κ1) is 14.8. The molecule has 1 aliphatic heterocycles. The summed E-state index contributed by atoms with van der Waals surface area (Å²) in [7, 11) is 9.72. The van der Waals surface area contributed by atoms with Crippen LogP contribution in [0.3, 0.4) is 0 Å². The van der Waals surface area contributed by atoms with Crippen molar-refractivity contribution >= 4 is 6.03 Å². The van der Waals surface area contributed by atoms with Crippen molar-refractivity contribution in [3.05, 3.63) is 18.0 Å². The van der Waals surface area contributed by atoms with Gasteiger partial charge in [-0.3, -0.25) is 4.68 Å². The molecule has 6 heteroatoms. The van der Waals surface area contributed by atoms with Crippen LogP contribution in [0.5, 0.6) is 0 Å². The van der Waals surface area contributed by atoms with Gasteiger partial charge in [-0.15, -0.1) is 0 Å². The molecule has 1 aromatic rings. The van der Waals surface area contributed by atoms with Crippen LogP contribution in [-0.4, -0.2) is 77.3 Å². The highest BCUT2D eigenvalue weighted by Gasteiger charge is 2.38. The van der Waals surface area contributed by atoms with Crippen LogP contribution >= 0.6 is 0 Å². The third-order valence-corrected chi connectivity index (χ3v) is 4.01. The first-order valence-electron chi connectivity index (χ1n) is 7.02. The van der Waals surface area contributed by atoms with E-state index in [0.717, 1.165) is 19.4 Å². The van der Waals surface area contributed by atoms with Crippen LogP contribution in [0.25, 0.3) is 0 Å². The number of carbonyl (C=O) groups excluding carboxylic acids is 1. The van der Waals surface area contributed by atoms with Crippen LogP contribution < -0.4 is 0 Å². The number of amides is 2. The van der Waals surface area contributed by atoms with Crippen molar-refractivity contribution < 1.29 is 4.79 Å². The lowest BCUT2D eigenvalue weighted by atomic mass is 10.0. The highest BCUT2D eigenvalue weighted by Crippen LogP contribution is 2.25. The molecule has 0 N–H and O–H groups in total. The summed E-state index contributed by atoms with van der Waals surface area (Å²) in [5, 5.41) is 4.22. The smallest absolute Gasteiger partial charge is 0.319 e. The number of aromatic nitrogens is 2. The van der Waals surface area contributed by atoms with Crippen molar-refractivity contribution in [2.24, 2.45) is 7.05 Å². The molecule has 2 atom stereocenters. The second kappa shape index (κ2) is 5.83. The second-order valence-corrected chi connectivity index (χ2v) is 5.98. The first-order valence-corrected chi connectivity index (χ1v) is 7.02. The Morgan fingerprint density at radius 1 is 1.40 bits per heavy atom. The average molecular weight is 279 g/mol. The number of urea groups is 1. The topological polar surface area (TPSA) is 44.6 Å². The van der Waals surface area contributed by atoms with E-state index in [-0.39, 0.29) is 12.1 Å². The van der Waals surface area contributed by atoms with Crippen molar-refractivity contribution in [1.82, 2.24) is 24.5 Å². The predicted molar refractivity (Wildman–Crippen MR) is 78.6 cm³/mol. The van der Waals surface area contributed by atoms with Crippen LogP contribution in [-0.2, 0) is 13.5 Å². The van der Waals surface area contributed by atoms with Gasteiger partial charge in [-0.2, -0.15) is 5.10 Å². The van der Waals surface area contributed by atoms with Crippen LogP contribution in [0.4, 0.5) is 4.79 Å². The Morgan fingerprint density at radius 3 is 2.60 bits per heavy atom. The zero-order chi connectivity index (χ0) is 14.9. The molecule has 2 amide bonds. The van der Waals surface area contributed by atoms with Gasteiger partial charge in [0.15, 0.2) is 0 Å². The van der Waals surface area contributed by atoms with Gasteiger partial charge in [-0.1, -0.05) is 0 Å². The third kappa shape index (κ3) is 2.95. The Kier molecular flexibility index (Phi) is 4.32. The second-order valence-electron chi connectivity index (χ2n) is 5.98. The van der Waals surface area contributed by atoms with Crippen molar-refractivity contribution in [1.29, 1.82) is 0 Å². The molecule has 6 nitrogen and oxygen atoms in total. The quantitative estimate of drug-likeness (QED) is 0.816. The Hall–Kier alpha value is -1.56. The van der Waals surface area contributed by atoms with Gasteiger partial charge in [0.25, 0.3) is 0 Å². The van der Waals surface area contributed by atoms with Crippen LogP contribution in [0.15, 0.2) is 12.4 Å². The van der Waals surface area contributed by atoms with Gasteiger partial charge in [-0.25, -0.2) is 4.79 Å². The summed E-state index contributed by atoms with van der Waals surface area (Å²) >= 11 is 0. The van der Waals surface area contributed by atoms with E-state index in [1.165, 1.54) is 5.56 Å². The van der Waals surface area contributed by atoms with E-state index in [2.05, 4.69) is 24.1 Å². The van der Waals surface area contributed by atoms with Crippen molar-refractivity contribution in [3.63, 3.8) is 0 Å². The molecule has 1 saturated heterocycles. The number of hydrogen-bond acceptors (Lipinski definition) is 3. The van der Waals surface area contributed by atoms with E-state index in [1.807, 2.05) is 43.1 Å². The number of aryl methyl sites for hydroxylation is 1. The molecule has 0 aromatic carbocycles. The Balaban J connectivity index is 2.18. The summed E-state index contributed by atoms with van der Waals surface area (Å²) in [6, 6.07) is 0.714. The number of carbonyl (C=O) groups is 1. The molecule has 1 fully saturated rings. The Morgan fingerprint density at radius 2 is 2.10 bits per heavy atom. The zero-order valence-electron chi connectivity index (χ0n) is 13.1. The number of hydrogen-bond donors (Lipinski definition) is 0. The lowest BCUT2D eigenvalue weighted by Gasteiger charge is -2.32. The molecule has 112 valence electrons. The molecule has 2 rings (SSSR count). The number of likely N-dealkylation sites (N-methyl/N-ethyl adjacent to an activating group) is 1. The largest absolute Gasteiger partial charge is 0.331 e. The van der Waals surface area contributed by atoms with Gasteiger partial charge in [0.05, 0.1) is 12.2 Å². The Bertz CT molecular complexity index is 468. The van der Waals surface area contributed by atoms with Crippen LogP contribution in [0, 0.1) is 0 Å². The minimum absolute atomic E-state index is 0.100. The maximum Gasteiger partial charge on any atom is 0.319 e. The molecule has 1 aromatic heterocycles. The van der Waals surface area contributed by atoms with E-state index >= 15 is 0 Å². The summed E-state index contributed by atoms with van der Waals surface area (Å²) in [5.74, 6) is 0. The van der Waals surface area contributed by atoms with Gasteiger partial charge < -0.3 is 14.7 Å². The van der Waals surface area contributed by atoms with E-state index < -0.39 is 0 Å². The van der Waals surface area contributed by atoms with Gasteiger partial charge in [-0.05, 0) is 32.5 Å². The maximum absolute atomic E-state index is 12.3. The van der Waals surface area contributed by atoms with Crippen LogP contribution in [0.1, 0.15) is 12.0 Å². The summed E-state index contributed by atoms with van der Waals surface area (Å²) in [6.07, 6.45) is 5.81. The summed E-state index contributed by atoms with van der Waals surface area (Å²) < 4.78 is 1.81. The minimum Gasteiger partial charge on any atom is -0.331 e. The SMILES string of the molecule is CN(C)C(=O)N1CC[C@H](N(C)C)[C@H]1Cc1cnn(C)c1. The van der Waals surface area contributed by atoms with Gasteiger partial charge >= 0.3 is 6.03 Å². The van der Waals surface area contributed by atoms with E-state index in [4.69, 9.17) is 0 Å². The fourth-order valence-corrected chi connectivity index (χ4v) is 3.00. The third-order valence-electron chi connectivity index (χ3n) is 4.01. The summed E-state index contributed by atoms with van der Waals surface area (Å²) in [6.45, 7) is 0.824. The molecular weight excluding hydrogens is 254 g/mol. The maximum atomic E-state index is 12.3. The van der Waals surface area contributed by atoms with Gasteiger partial charge in [0.1, 0.15) is 0 Å². The van der Waals surface area contributed by atoms with Gasteiger partial charge in [0.2, 0.25) is 0 Å². The van der Waals surface area contributed by atoms with Crippen molar-refractivity contribution in [2.45, 2.75) is 24.9 Å². The predicted octanol–water partition coefficient (Wildman–Crippen LogP) is 0.649. The average Bonchev–Trinajstić information content (AvgIpc) is 2.95. The highest BCUT2D eigenvalue weighted by atomic mass is 16.2. The van der Waals surface area contributed by atoms with E-state index in [9.17, 15) is 4.79 Å². The van der Waals surface area contributed by atoms with Crippen LogP contribution in [0.2, 0.25) is 0 Å². The number of nitrogens with zero attached hydrogens (tertiary/aromatic N) is 5. The standard InChI is InChI=1S/C14H25N5O/c1-16(2)12-6-7-19(14(20)17(3)4)13(12)8-11-9-15-18(5)10-11/h9-10,12-13H,6-8H2,1-5H3/t12-,13+/m0/s1. The number of rotatable bonds is 3. The highest BCUT2D eigenvalue weighted by molar-refractivity contribution is 5.74. The normalized spacial score (nSPS) is 22.6. The fraction of sp³-hybridized carbons (Fsp3) is 0.714. The lowest BCUT2D eigenvalue weighted by molar-refractivity contribution is 0.150.